The Morgan fingerprint density at radius 2 is 2.15 bits per heavy atom. The summed E-state index contributed by atoms with van der Waals surface area (Å²) in [4.78, 5) is 7.71. The average molecular weight is 465 g/mol. The van der Waals surface area contributed by atoms with Gasteiger partial charge in [-0.2, -0.15) is 0 Å². The molecule has 2 unspecified atom stereocenters. The molecule has 1 aromatic heterocycles. The molecule has 0 saturated heterocycles. The molecule has 6 nitrogen and oxygen atoms in total. The van der Waals surface area contributed by atoms with Crippen LogP contribution in [0, 0.1) is 5.82 Å². The van der Waals surface area contributed by atoms with Gasteiger partial charge in [0.2, 0.25) is 0 Å². The molecule has 1 aromatic carbocycles. The Bertz CT molecular complexity index is 946. The molecule has 0 spiro atoms. The fourth-order valence-corrected chi connectivity index (χ4v) is 3.32. The SMILES string of the molecule is C=NC(C/C=C(\C)Cc1cc(B(O)NCC(O)COCCC)nc2c(F)cccc12)C(F)F. The highest BCUT2D eigenvalue weighted by atomic mass is 19.3. The smallest absolute Gasteiger partial charge is 0.432 e. The van der Waals surface area contributed by atoms with Crippen molar-refractivity contribution >= 4 is 30.3 Å². The molecule has 3 N–H and O–H groups in total. The van der Waals surface area contributed by atoms with Crippen LogP contribution in [-0.4, -0.2) is 67.2 Å². The lowest BCUT2D eigenvalue weighted by molar-refractivity contribution is 0.0394. The van der Waals surface area contributed by atoms with Crippen molar-refractivity contribution in [2.45, 2.75) is 51.7 Å². The van der Waals surface area contributed by atoms with Gasteiger partial charge in [0, 0.05) is 18.5 Å². The van der Waals surface area contributed by atoms with E-state index in [4.69, 9.17) is 4.74 Å². The highest BCUT2D eigenvalue weighted by molar-refractivity contribution is 6.62. The number of benzene rings is 1. The molecule has 0 fully saturated rings. The fraction of sp³-hybridized carbons (Fsp3) is 0.478. The van der Waals surface area contributed by atoms with E-state index in [2.05, 4.69) is 21.9 Å². The van der Waals surface area contributed by atoms with Crippen LogP contribution in [0.4, 0.5) is 13.2 Å². The van der Waals surface area contributed by atoms with E-state index >= 15 is 0 Å². The molecule has 0 aliphatic carbocycles. The number of pyridine rings is 1. The normalized spacial score (nSPS) is 14.0. The van der Waals surface area contributed by atoms with E-state index in [0.717, 1.165) is 12.0 Å². The van der Waals surface area contributed by atoms with Crippen molar-refractivity contribution in [3.05, 3.63) is 47.3 Å². The first-order valence-corrected chi connectivity index (χ1v) is 10.9. The van der Waals surface area contributed by atoms with Gasteiger partial charge in [0.05, 0.1) is 18.3 Å². The van der Waals surface area contributed by atoms with Gasteiger partial charge < -0.3 is 20.1 Å². The van der Waals surface area contributed by atoms with E-state index in [1.807, 2.05) is 6.92 Å². The number of aliphatic imine (C=N–C) groups is 1. The van der Waals surface area contributed by atoms with Crippen LogP contribution in [0.15, 0.2) is 40.9 Å². The van der Waals surface area contributed by atoms with Gasteiger partial charge in [-0.05, 0) is 50.6 Å². The molecule has 2 atom stereocenters. The highest BCUT2D eigenvalue weighted by Gasteiger charge is 2.21. The van der Waals surface area contributed by atoms with Gasteiger partial charge in [-0.3, -0.25) is 9.98 Å². The molecular formula is C23H31BF3N3O3. The minimum atomic E-state index is -2.60. The van der Waals surface area contributed by atoms with Crippen molar-refractivity contribution < 1.29 is 28.0 Å². The first-order valence-electron chi connectivity index (χ1n) is 10.9. The molecule has 0 bridgehead atoms. The molecule has 0 aliphatic heterocycles. The molecule has 0 aliphatic rings. The van der Waals surface area contributed by atoms with Crippen molar-refractivity contribution in [2.24, 2.45) is 4.99 Å². The summed E-state index contributed by atoms with van der Waals surface area (Å²) in [5.41, 5.74) is 1.77. The van der Waals surface area contributed by atoms with Gasteiger partial charge in [0.15, 0.2) is 0 Å². The maximum atomic E-state index is 14.5. The van der Waals surface area contributed by atoms with Crippen LogP contribution >= 0.6 is 0 Å². The number of allylic oxidation sites excluding steroid dienone is 1. The summed E-state index contributed by atoms with van der Waals surface area (Å²) in [5, 5.41) is 23.9. The summed E-state index contributed by atoms with van der Waals surface area (Å²) in [6, 6.07) is 5.04. The molecule has 180 valence electrons. The van der Waals surface area contributed by atoms with Gasteiger partial charge in [0.25, 0.3) is 6.43 Å². The predicted molar refractivity (Wildman–Crippen MR) is 126 cm³/mol. The molecule has 2 rings (SSSR count). The number of aliphatic hydroxyl groups excluding tert-OH is 1. The lowest BCUT2D eigenvalue weighted by Gasteiger charge is -2.16. The topological polar surface area (TPSA) is 87.0 Å². The Kier molecular flexibility index (Phi) is 11.0. The zero-order valence-electron chi connectivity index (χ0n) is 19.0. The first kappa shape index (κ1) is 27.0. The number of nitrogens with zero attached hydrogens (tertiary/aromatic N) is 2. The zero-order valence-corrected chi connectivity index (χ0v) is 19.0. The Balaban J connectivity index is 2.22. The number of fused-ring (bicyclic) bond motifs is 1. The van der Waals surface area contributed by atoms with E-state index in [-0.39, 0.29) is 30.7 Å². The molecule has 2 aromatic rings. The number of nitrogens with one attached hydrogen (secondary N) is 1. The Hall–Kier alpha value is -2.27. The Morgan fingerprint density at radius 1 is 1.39 bits per heavy atom. The van der Waals surface area contributed by atoms with Crippen LogP contribution in [0.1, 0.15) is 32.3 Å². The summed E-state index contributed by atoms with van der Waals surface area (Å²) in [6.45, 7) is 7.67. The number of aliphatic hydroxyl groups is 1. The van der Waals surface area contributed by atoms with Crippen molar-refractivity contribution in [1.29, 1.82) is 0 Å². The van der Waals surface area contributed by atoms with Gasteiger partial charge >= 0.3 is 7.05 Å². The summed E-state index contributed by atoms with van der Waals surface area (Å²) in [7, 11) is -1.24. The second-order valence-electron chi connectivity index (χ2n) is 7.93. The minimum absolute atomic E-state index is 0.0411. The molecular weight excluding hydrogens is 434 g/mol. The number of halogens is 3. The maximum Gasteiger partial charge on any atom is 0.432 e. The number of aromatic nitrogens is 1. The molecule has 1 heterocycles. The van der Waals surface area contributed by atoms with E-state index in [0.29, 0.717) is 24.0 Å². The lowest BCUT2D eigenvalue weighted by Crippen LogP contribution is -2.50. The molecule has 0 saturated carbocycles. The third-order valence-corrected chi connectivity index (χ3v) is 5.08. The lowest BCUT2D eigenvalue weighted by atomic mass is 9.77. The maximum absolute atomic E-state index is 14.5. The zero-order chi connectivity index (χ0) is 24.4. The van der Waals surface area contributed by atoms with E-state index < -0.39 is 31.4 Å². The van der Waals surface area contributed by atoms with E-state index in [1.54, 1.807) is 31.2 Å². The summed E-state index contributed by atoms with van der Waals surface area (Å²) in [5.74, 6) is -0.536. The third-order valence-electron chi connectivity index (χ3n) is 5.08. The van der Waals surface area contributed by atoms with Crippen LogP contribution in [0.25, 0.3) is 10.9 Å². The van der Waals surface area contributed by atoms with E-state index in [1.165, 1.54) is 6.07 Å². The average Bonchev–Trinajstić information content (AvgIpc) is 2.78. The van der Waals surface area contributed by atoms with Crippen LogP contribution in [-0.2, 0) is 11.2 Å². The van der Waals surface area contributed by atoms with Gasteiger partial charge in [-0.25, -0.2) is 13.2 Å². The monoisotopic (exact) mass is 465 g/mol. The van der Waals surface area contributed by atoms with Crippen LogP contribution in [0.5, 0.6) is 0 Å². The second kappa shape index (κ2) is 13.4. The quantitative estimate of drug-likeness (QED) is 0.173. The van der Waals surface area contributed by atoms with Gasteiger partial charge in [-0.1, -0.05) is 30.7 Å². The number of ether oxygens (including phenoxy) is 1. The third kappa shape index (κ3) is 8.22. The van der Waals surface area contributed by atoms with Crippen LogP contribution < -0.4 is 10.8 Å². The predicted octanol–water partition coefficient (Wildman–Crippen LogP) is 2.65. The van der Waals surface area contributed by atoms with E-state index in [9.17, 15) is 23.3 Å². The summed E-state index contributed by atoms with van der Waals surface area (Å²) >= 11 is 0. The summed E-state index contributed by atoms with van der Waals surface area (Å²) < 4.78 is 45.6. The number of hydrogen-bond acceptors (Lipinski definition) is 6. The van der Waals surface area contributed by atoms with Crippen molar-refractivity contribution in [3.63, 3.8) is 0 Å². The molecule has 0 amide bonds. The largest absolute Gasteiger partial charge is 0.433 e. The minimum Gasteiger partial charge on any atom is -0.433 e. The number of rotatable bonds is 14. The number of alkyl halides is 2. The van der Waals surface area contributed by atoms with Gasteiger partial charge in [0.1, 0.15) is 17.4 Å². The first-order chi connectivity index (χ1) is 15.8. The van der Waals surface area contributed by atoms with Crippen LogP contribution in [0.3, 0.4) is 0 Å². The second-order valence-corrected chi connectivity index (χ2v) is 7.93. The fourth-order valence-electron chi connectivity index (χ4n) is 3.32. The van der Waals surface area contributed by atoms with Crippen molar-refractivity contribution in [1.82, 2.24) is 10.2 Å². The molecule has 10 heteroatoms. The van der Waals surface area contributed by atoms with Gasteiger partial charge in [-0.15, -0.1) is 0 Å². The molecule has 33 heavy (non-hydrogen) atoms. The van der Waals surface area contributed by atoms with Crippen LogP contribution in [0.2, 0.25) is 0 Å². The molecule has 0 radical (unpaired) electrons. The Labute approximate surface area is 192 Å². The Morgan fingerprint density at radius 3 is 2.82 bits per heavy atom. The highest BCUT2D eigenvalue weighted by Crippen LogP contribution is 2.22. The number of hydrogen-bond donors (Lipinski definition) is 3. The van der Waals surface area contributed by atoms with Crippen molar-refractivity contribution in [3.8, 4) is 0 Å². The standard InChI is InChI=1S/C23H31BF3N3O3/c1-4-10-33-14-17(31)13-29-24(32)21-12-16(18-6-5-7-19(25)22(18)30-21)11-15(2)8-9-20(28-3)23(26)27/h5-8,12,17,20,23,29,31-32H,3-4,9-11,13-14H2,1-2H3/b15-8+. The van der Waals surface area contributed by atoms with Crippen molar-refractivity contribution in [2.75, 3.05) is 19.8 Å². The summed E-state index contributed by atoms with van der Waals surface area (Å²) in [6.07, 6.45) is -0.536. The number of para-hydroxylation sites is 1.